The minimum Gasteiger partial charge on any atom is -0.462 e. The van der Waals surface area contributed by atoms with Gasteiger partial charge in [0.2, 0.25) is 0 Å². The minimum absolute atomic E-state index is 0.0612. The van der Waals surface area contributed by atoms with E-state index in [-0.39, 0.29) is 18.0 Å². The number of hydrogen-bond donors (Lipinski definition) is 0. The lowest BCUT2D eigenvalue weighted by atomic mass is 9.85. The normalized spacial score (nSPS) is 11.4. The monoisotopic (exact) mass is 448 g/mol. The van der Waals surface area contributed by atoms with Crippen molar-refractivity contribution in [2.24, 2.45) is 11.3 Å². The van der Waals surface area contributed by atoms with E-state index in [0.29, 0.717) is 30.3 Å². The molecule has 6 heteroatoms. The average molecular weight is 448 g/mol. The van der Waals surface area contributed by atoms with Crippen LogP contribution in [0.25, 0.3) is 0 Å². The molecule has 24 heavy (non-hydrogen) atoms. The Hall–Kier alpha value is -1.15. The van der Waals surface area contributed by atoms with E-state index in [9.17, 15) is 9.59 Å². The number of halogens is 1. The first kappa shape index (κ1) is 20.9. The first-order valence-corrected chi connectivity index (χ1v) is 8.81. The zero-order chi connectivity index (χ0) is 18.2. The molecule has 134 valence electrons. The molecule has 0 aromatic heterocycles. The standard InChI is InChI=1S/C18H25IO5/c1-13(2)11-18(3,4)12-23-17(21)15-7-5-14(6-8-15)16(20)22-9-10-24-19/h5-8,13H,9-12H2,1-4H3. The Morgan fingerprint density at radius 2 is 1.50 bits per heavy atom. The first-order valence-electron chi connectivity index (χ1n) is 7.93. The van der Waals surface area contributed by atoms with Gasteiger partial charge in [0.25, 0.3) is 0 Å². The van der Waals surface area contributed by atoms with Crippen LogP contribution in [0.15, 0.2) is 24.3 Å². The number of rotatable bonds is 9. The van der Waals surface area contributed by atoms with E-state index in [1.807, 2.05) is 0 Å². The summed E-state index contributed by atoms with van der Waals surface area (Å²) in [5.74, 6) is -0.284. The molecule has 1 aromatic rings. The minimum atomic E-state index is -0.443. The van der Waals surface area contributed by atoms with Crippen LogP contribution in [0.5, 0.6) is 0 Å². The van der Waals surface area contributed by atoms with E-state index in [4.69, 9.17) is 12.5 Å². The Labute approximate surface area is 157 Å². The van der Waals surface area contributed by atoms with E-state index >= 15 is 0 Å². The third-order valence-corrected chi connectivity index (χ3v) is 3.75. The lowest BCUT2D eigenvalue weighted by molar-refractivity contribution is 0.0305. The van der Waals surface area contributed by atoms with Crippen molar-refractivity contribution in [2.45, 2.75) is 34.1 Å². The lowest BCUT2D eigenvalue weighted by Gasteiger charge is -2.26. The molecule has 0 N–H and O–H groups in total. The first-order chi connectivity index (χ1) is 11.2. The topological polar surface area (TPSA) is 61.8 Å². The predicted molar refractivity (Wildman–Crippen MR) is 100 cm³/mol. The smallest absolute Gasteiger partial charge is 0.338 e. The molecule has 1 rings (SSSR count). The summed E-state index contributed by atoms with van der Waals surface area (Å²) in [6, 6.07) is 6.26. The Kier molecular flexibility index (Phi) is 8.69. The van der Waals surface area contributed by atoms with Gasteiger partial charge in [-0.3, -0.25) is 0 Å². The summed E-state index contributed by atoms with van der Waals surface area (Å²) < 4.78 is 15.2. The molecule has 0 saturated heterocycles. The van der Waals surface area contributed by atoms with Gasteiger partial charge in [-0.2, -0.15) is 0 Å². The SMILES string of the molecule is CC(C)CC(C)(C)COC(=O)c1ccc(C(=O)OCCOI)cc1. The van der Waals surface area contributed by atoms with Crippen LogP contribution in [0.1, 0.15) is 54.8 Å². The van der Waals surface area contributed by atoms with Gasteiger partial charge in [0.05, 0.1) is 24.3 Å². The molecule has 0 spiro atoms. The fraction of sp³-hybridized carbons (Fsp3) is 0.556. The van der Waals surface area contributed by atoms with Crippen LogP contribution >= 0.6 is 23.0 Å². The van der Waals surface area contributed by atoms with Crippen molar-refractivity contribution < 1.29 is 22.1 Å². The highest BCUT2D eigenvalue weighted by Crippen LogP contribution is 2.25. The highest BCUT2D eigenvalue weighted by atomic mass is 127. The third-order valence-electron chi connectivity index (χ3n) is 3.30. The van der Waals surface area contributed by atoms with Crippen molar-refractivity contribution in [2.75, 3.05) is 19.8 Å². The maximum Gasteiger partial charge on any atom is 0.338 e. The van der Waals surface area contributed by atoms with Crippen LogP contribution < -0.4 is 0 Å². The fourth-order valence-corrected chi connectivity index (χ4v) is 2.68. The second-order valence-corrected chi connectivity index (χ2v) is 7.49. The Morgan fingerprint density at radius 1 is 1.00 bits per heavy atom. The van der Waals surface area contributed by atoms with Crippen molar-refractivity contribution in [3.63, 3.8) is 0 Å². The molecule has 0 atom stereocenters. The number of carbonyl (C=O) groups is 2. The fourth-order valence-electron chi connectivity index (χ4n) is 2.50. The second-order valence-electron chi connectivity index (χ2n) is 6.86. The van der Waals surface area contributed by atoms with Crippen LogP contribution in [0.3, 0.4) is 0 Å². The third kappa shape index (κ3) is 7.61. The number of carbonyl (C=O) groups excluding carboxylic acids is 2. The zero-order valence-corrected chi connectivity index (χ0v) is 16.8. The number of hydrogen-bond acceptors (Lipinski definition) is 5. The molecule has 0 amide bonds. The van der Waals surface area contributed by atoms with Crippen molar-refractivity contribution >= 4 is 34.9 Å². The van der Waals surface area contributed by atoms with Gasteiger partial charge in [-0.05, 0) is 42.0 Å². The lowest BCUT2D eigenvalue weighted by Crippen LogP contribution is -2.23. The van der Waals surface area contributed by atoms with Gasteiger partial charge in [-0.1, -0.05) is 27.7 Å². The molecule has 5 nitrogen and oxygen atoms in total. The van der Waals surface area contributed by atoms with Gasteiger partial charge < -0.3 is 12.5 Å². The molecular weight excluding hydrogens is 423 g/mol. The summed E-state index contributed by atoms with van der Waals surface area (Å²) in [6.45, 7) is 9.35. The molecular formula is C18H25IO5. The average Bonchev–Trinajstić information content (AvgIpc) is 2.52. The zero-order valence-electron chi connectivity index (χ0n) is 14.6. The highest BCUT2D eigenvalue weighted by Gasteiger charge is 2.22. The van der Waals surface area contributed by atoms with Gasteiger partial charge >= 0.3 is 11.9 Å². The molecule has 0 heterocycles. The van der Waals surface area contributed by atoms with E-state index < -0.39 is 5.97 Å². The maximum absolute atomic E-state index is 12.1. The van der Waals surface area contributed by atoms with Crippen LogP contribution in [0, 0.1) is 11.3 Å². The molecule has 0 radical (unpaired) electrons. The largest absolute Gasteiger partial charge is 0.462 e. The molecule has 1 aromatic carbocycles. The van der Waals surface area contributed by atoms with Crippen molar-refractivity contribution in [1.29, 1.82) is 0 Å². The summed E-state index contributed by atoms with van der Waals surface area (Å²) in [7, 11) is 0. The quantitative estimate of drug-likeness (QED) is 0.318. The molecule has 0 bridgehead atoms. The summed E-state index contributed by atoms with van der Waals surface area (Å²) >= 11 is 1.74. The van der Waals surface area contributed by atoms with Gasteiger partial charge in [-0.15, -0.1) is 0 Å². The molecule has 0 aliphatic heterocycles. The van der Waals surface area contributed by atoms with Gasteiger partial charge in [0.1, 0.15) is 29.6 Å². The van der Waals surface area contributed by atoms with E-state index in [2.05, 4.69) is 27.7 Å². The Bertz CT molecular complexity index is 537. The molecule has 0 unspecified atom stereocenters. The van der Waals surface area contributed by atoms with Gasteiger partial charge in [-0.25, -0.2) is 9.59 Å². The molecule has 0 aliphatic carbocycles. The van der Waals surface area contributed by atoms with E-state index in [0.717, 1.165) is 6.42 Å². The van der Waals surface area contributed by atoms with Crippen molar-refractivity contribution in [1.82, 2.24) is 0 Å². The molecule has 0 fully saturated rings. The van der Waals surface area contributed by atoms with E-state index in [1.165, 1.54) is 0 Å². The summed E-state index contributed by atoms with van der Waals surface area (Å²) in [6.07, 6.45) is 0.978. The van der Waals surface area contributed by atoms with E-state index in [1.54, 1.807) is 47.3 Å². The number of esters is 2. The Morgan fingerprint density at radius 3 is 1.96 bits per heavy atom. The van der Waals surface area contributed by atoms with Crippen LogP contribution in [0.4, 0.5) is 0 Å². The summed E-state index contributed by atoms with van der Waals surface area (Å²) in [5, 5.41) is 0. The second kappa shape index (κ2) is 9.98. The summed E-state index contributed by atoms with van der Waals surface area (Å²) in [4.78, 5) is 23.9. The van der Waals surface area contributed by atoms with Gasteiger partial charge in [0.15, 0.2) is 0 Å². The Balaban J connectivity index is 2.56. The highest BCUT2D eigenvalue weighted by molar-refractivity contribution is 14.1. The number of ether oxygens (including phenoxy) is 2. The summed E-state index contributed by atoms with van der Waals surface area (Å²) in [5.41, 5.74) is 0.747. The van der Waals surface area contributed by atoms with Crippen LogP contribution in [-0.4, -0.2) is 31.8 Å². The maximum atomic E-state index is 12.1. The van der Waals surface area contributed by atoms with Crippen LogP contribution in [0.2, 0.25) is 0 Å². The van der Waals surface area contributed by atoms with Crippen molar-refractivity contribution in [3.8, 4) is 0 Å². The van der Waals surface area contributed by atoms with Crippen LogP contribution in [-0.2, 0) is 12.5 Å². The molecule has 0 aliphatic rings. The number of benzene rings is 1. The predicted octanol–water partition coefficient (Wildman–Crippen LogP) is 4.44. The molecule has 0 saturated carbocycles. The van der Waals surface area contributed by atoms with Gasteiger partial charge in [0, 0.05) is 0 Å². The van der Waals surface area contributed by atoms with Crippen molar-refractivity contribution in [3.05, 3.63) is 35.4 Å².